The Hall–Kier alpha value is -1.51. The first-order valence-electron chi connectivity index (χ1n) is 6.96. The Bertz CT molecular complexity index is 408. The minimum atomic E-state index is 0.115. The number of benzene rings is 1. The summed E-state index contributed by atoms with van der Waals surface area (Å²) in [7, 11) is 0. The van der Waals surface area contributed by atoms with E-state index in [1.165, 1.54) is 31.2 Å². The van der Waals surface area contributed by atoms with Crippen LogP contribution in [-0.4, -0.2) is 23.8 Å². The van der Waals surface area contributed by atoms with Crippen molar-refractivity contribution in [1.29, 1.82) is 0 Å². The van der Waals surface area contributed by atoms with Crippen LogP contribution in [0.4, 0.5) is 0 Å². The van der Waals surface area contributed by atoms with E-state index < -0.39 is 0 Å². The third kappa shape index (κ3) is 2.50. The van der Waals surface area contributed by atoms with Gasteiger partial charge in [0.05, 0.1) is 6.42 Å². The molecular weight excluding hydrogens is 224 g/mol. The normalized spacial score (nSPS) is 24.3. The molecule has 2 aliphatic rings. The minimum absolute atomic E-state index is 0.115. The predicted octanol–water partition coefficient (Wildman–Crippen LogP) is 3.34. The second-order valence-corrected chi connectivity index (χ2v) is 5.12. The van der Waals surface area contributed by atoms with Crippen LogP contribution in [0.25, 0.3) is 0 Å². The van der Waals surface area contributed by atoms with Gasteiger partial charge in [-0.1, -0.05) is 48.3 Å². The van der Waals surface area contributed by atoms with Crippen molar-refractivity contribution in [2.24, 2.45) is 5.16 Å². The Morgan fingerprint density at radius 1 is 1.00 bits per heavy atom. The summed E-state index contributed by atoms with van der Waals surface area (Å²) in [5.41, 5.74) is 1.23. The van der Waals surface area contributed by atoms with Crippen molar-refractivity contribution in [1.82, 2.24) is 4.90 Å². The Morgan fingerprint density at radius 2 is 1.72 bits per heavy atom. The maximum Gasteiger partial charge on any atom is 0.159 e. The molecule has 1 unspecified atom stereocenters. The van der Waals surface area contributed by atoms with E-state index in [-0.39, 0.29) is 6.10 Å². The zero-order valence-electron chi connectivity index (χ0n) is 10.7. The second-order valence-electron chi connectivity index (χ2n) is 5.12. The van der Waals surface area contributed by atoms with Gasteiger partial charge in [0.2, 0.25) is 0 Å². The molecule has 96 valence electrons. The van der Waals surface area contributed by atoms with Crippen molar-refractivity contribution in [2.45, 2.75) is 38.2 Å². The van der Waals surface area contributed by atoms with Crippen LogP contribution < -0.4 is 0 Å². The Morgan fingerprint density at radius 3 is 2.44 bits per heavy atom. The highest BCUT2D eigenvalue weighted by atomic mass is 16.6. The highest BCUT2D eigenvalue weighted by Crippen LogP contribution is 2.28. The van der Waals surface area contributed by atoms with Crippen molar-refractivity contribution >= 4 is 5.84 Å². The van der Waals surface area contributed by atoms with Crippen LogP contribution >= 0.6 is 0 Å². The van der Waals surface area contributed by atoms with E-state index in [1.54, 1.807) is 0 Å². The van der Waals surface area contributed by atoms with Crippen LogP contribution in [0.15, 0.2) is 35.5 Å². The molecule has 0 bridgehead atoms. The van der Waals surface area contributed by atoms with E-state index in [2.05, 4.69) is 34.3 Å². The zero-order chi connectivity index (χ0) is 12.2. The molecule has 1 saturated heterocycles. The molecule has 0 aromatic heterocycles. The number of likely N-dealkylation sites (tertiary alicyclic amines) is 1. The van der Waals surface area contributed by atoms with Gasteiger partial charge in [0, 0.05) is 13.1 Å². The maximum absolute atomic E-state index is 5.59. The number of oxime groups is 1. The molecule has 1 aromatic rings. The summed E-state index contributed by atoms with van der Waals surface area (Å²) >= 11 is 0. The molecule has 2 aliphatic heterocycles. The summed E-state index contributed by atoms with van der Waals surface area (Å²) in [5.74, 6) is 1.14. The fourth-order valence-electron chi connectivity index (χ4n) is 2.73. The van der Waals surface area contributed by atoms with Gasteiger partial charge in [0.1, 0.15) is 5.84 Å². The quantitative estimate of drug-likeness (QED) is 0.757. The van der Waals surface area contributed by atoms with Crippen LogP contribution in [0.1, 0.15) is 43.8 Å². The molecular formula is C15H20N2O. The fourth-order valence-corrected chi connectivity index (χ4v) is 2.73. The highest BCUT2D eigenvalue weighted by molar-refractivity contribution is 5.83. The lowest BCUT2D eigenvalue weighted by molar-refractivity contribution is 0.0855. The van der Waals surface area contributed by atoms with Gasteiger partial charge in [0.15, 0.2) is 6.10 Å². The molecule has 2 heterocycles. The lowest BCUT2D eigenvalue weighted by atomic mass is 10.1. The smallest absolute Gasteiger partial charge is 0.159 e. The van der Waals surface area contributed by atoms with Crippen molar-refractivity contribution in [3.8, 4) is 0 Å². The van der Waals surface area contributed by atoms with Gasteiger partial charge in [-0.15, -0.1) is 0 Å². The monoisotopic (exact) mass is 244 g/mol. The number of hydrogen-bond acceptors (Lipinski definition) is 3. The van der Waals surface area contributed by atoms with Crippen LogP contribution in [0.2, 0.25) is 0 Å². The van der Waals surface area contributed by atoms with Crippen molar-refractivity contribution < 1.29 is 4.84 Å². The third-order valence-electron chi connectivity index (χ3n) is 3.80. The molecule has 0 radical (unpaired) electrons. The van der Waals surface area contributed by atoms with Gasteiger partial charge < -0.3 is 9.74 Å². The van der Waals surface area contributed by atoms with E-state index in [0.29, 0.717) is 0 Å². The molecule has 18 heavy (non-hydrogen) atoms. The molecule has 0 aliphatic carbocycles. The van der Waals surface area contributed by atoms with Gasteiger partial charge in [-0.25, -0.2) is 0 Å². The summed E-state index contributed by atoms with van der Waals surface area (Å²) in [4.78, 5) is 8.00. The molecule has 1 atom stereocenters. The van der Waals surface area contributed by atoms with E-state index in [4.69, 9.17) is 4.84 Å². The van der Waals surface area contributed by atoms with Gasteiger partial charge in [-0.3, -0.25) is 0 Å². The maximum atomic E-state index is 5.59. The Kier molecular flexibility index (Phi) is 3.49. The molecule has 3 heteroatoms. The van der Waals surface area contributed by atoms with Gasteiger partial charge in [0.25, 0.3) is 0 Å². The zero-order valence-corrected chi connectivity index (χ0v) is 10.7. The van der Waals surface area contributed by atoms with Crippen LogP contribution in [0.3, 0.4) is 0 Å². The Balaban J connectivity index is 1.63. The van der Waals surface area contributed by atoms with E-state index >= 15 is 0 Å². The third-order valence-corrected chi connectivity index (χ3v) is 3.80. The predicted molar refractivity (Wildman–Crippen MR) is 72.4 cm³/mol. The van der Waals surface area contributed by atoms with E-state index in [9.17, 15) is 0 Å². The van der Waals surface area contributed by atoms with Crippen LogP contribution in [-0.2, 0) is 4.84 Å². The standard InChI is InChI=1S/C15H20N2O/c1-2-7-11-17(10-6-1)15-12-14(18-16-15)13-8-4-3-5-9-13/h3-5,8-9,14H,1-2,6-7,10-12H2. The van der Waals surface area contributed by atoms with Crippen LogP contribution in [0, 0.1) is 0 Å². The first-order chi connectivity index (χ1) is 8.93. The summed E-state index contributed by atoms with van der Waals surface area (Å²) in [6.07, 6.45) is 6.32. The lowest BCUT2D eigenvalue weighted by Gasteiger charge is -2.20. The van der Waals surface area contributed by atoms with Crippen molar-refractivity contribution in [2.75, 3.05) is 13.1 Å². The van der Waals surface area contributed by atoms with Crippen molar-refractivity contribution in [3.05, 3.63) is 35.9 Å². The first kappa shape index (κ1) is 11.6. The molecule has 1 fully saturated rings. The molecule has 0 saturated carbocycles. The summed E-state index contributed by atoms with van der Waals surface area (Å²) in [6.45, 7) is 2.29. The number of hydrogen-bond donors (Lipinski definition) is 0. The fraction of sp³-hybridized carbons (Fsp3) is 0.533. The van der Waals surface area contributed by atoms with E-state index in [0.717, 1.165) is 25.3 Å². The molecule has 3 rings (SSSR count). The lowest BCUT2D eigenvalue weighted by Crippen LogP contribution is -2.30. The highest BCUT2D eigenvalue weighted by Gasteiger charge is 2.26. The van der Waals surface area contributed by atoms with Gasteiger partial charge >= 0.3 is 0 Å². The summed E-state index contributed by atoms with van der Waals surface area (Å²) in [6, 6.07) is 10.4. The second kappa shape index (κ2) is 5.42. The van der Waals surface area contributed by atoms with Crippen LogP contribution in [0.5, 0.6) is 0 Å². The average Bonchev–Trinajstić information content (AvgIpc) is 2.76. The van der Waals surface area contributed by atoms with Gasteiger partial charge in [-0.05, 0) is 18.4 Å². The van der Waals surface area contributed by atoms with Gasteiger partial charge in [-0.2, -0.15) is 0 Å². The minimum Gasteiger partial charge on any atom is -0.386 e. The largest absolute Gasteiger partial charge is 0.386 e. The SMILES string of the molecule is c1ccc(C2CC(N3CCCCCC3)=NO2)cc1. The van der Waals surface area contributed by atoms with Crippen molar-refractivity contribution in [3.63, 3.8) is 0 Å². The first-order valence-corrected chi connectivity index (χ1v) is 6.96. The number of rotatable bonds is 1. The molecule has 0 N–H and O–H groups in total. The number of amidine groups is 1. The molecule has 0 amide bonds. The molecule has 0 spiro atoms. The topological polar surface area (TPSA) is 24.8 Å². The molecule has 3 nitrogen and oxygen atoms in total. The van der Waals surface area contributed by atoms with E-state index in [1.807, 2.05) is 6.07 Å². The number of nitrogens with zero attached hydrogens (tertiary/aromatic N) is 2. The summed E-state index contributed by atoms with van der Waals surface area (Å²) in [5, 5.41) is 4.30. The molecule has 1 aromatic carbocycles. The summed E-state index contributed by atoms with van der Waals surface area (Å²) < 4.78 is 0. The Labute approximate surface area is 108 Å². The average molecular weight is 244 g/mol.